The smallest absolute Gasteiger partial charge is 0.217 e. The minimum absolute atomic E-state index is 0.812. The van der Waals surface area contributed by atoms with Gasteiger partial charge in [-0.3, -0.25) is 4.79 Å². The predicted molar refractivity (Wildman–Crippen MR) is 178 cm³/mol. The van der Waals surface area contributed by atoms with E-state index in [1.165, 1.54) is 0 Å². The second kappa shape index (κ2) is 20.8. The van der Waals surface area contributed by atoms with Crippen LogP contribution in [-0.2, 0) is 47.4 Å². The van der Waals surface area contributed by atoms with Gasteiger partial charge >= 0.3 is 0 Å². The standard InChI is InChI=1S/C32H55NO26/c1-7(39)33-13-25(57-30-21(47)18(44)14(40)8(2-34)53-30)15(41)9(3-35)52-29(13)58-26-16(42)10(4-36)55-32(22(26)48)59-27-17(43)11(5-37)54-31(23(27)49)56-24-12(6-38)51-28(50)20(46)19(24)45/h8-32,34-38,40-50H,2-6H2,1H3,(H,33,39)/t8-,9-,10-,11-,12-,13-,14+,15-,16+,17+,18+,19-,20-,21-,22-,23-,24-,25-,26+,27+,28?,29+,30+,31+,32-/m1/s1. The number of amides is 1. The number of aliphatic hydroxyl groups excluding tert-OH is 16. The van der Waals surface area contributed by atoms with Crippen molar-refractivity contribution < 1.29 is 129 Å². The van der Waals surface area contributed by atoms with E-state index in [1.54, 1.807) is 0 Å². The number of carbonyl (C=O) groups excluding carboxylic acids is 1. The minimum Gasteiger partial charge on any atom is -0.394 e. The van der Waals surface area contributed by atoms with Gasteiger partial charge in [-0.15, -0.1) is 0 Å². The first-order valence-electron chi connectivity index (χ1n) is 18.6. The van der Waals surface area contributed by atoms with E-state index < -0.39 is 192 Å². The average Bonchev–Trinajstić information content (AvgIpc) is 3.21. The molecule has 0 spiro atoms. The van der Waals surface area contributed by atoms with Crippen molar-refractivity contribution in [1.29, 1.82) is 0 Å². The number of aliphatic hydroxyl groups is 16. The van der Waals surface area contributed by atoms with Gasteiger partial charge in [-0.1, -0.05) is 0 Å². The molecule has 344 valence electrons. The maximum absolute atomic E-state index is 12.4. The van der Waals surface area contributed by atoms with Crippen LogP contribution >= 0.6 is 0 Å². The summed E-state index contributed by atoms with van der Waals surface area (Å²) in [4.78, 5) is 12.4. The molecular formula is C32H55NO26. The highest BCUT2D eigenvalue weighted by Gasteiger charge is 2.57. The average molecular weight is 870 g/mol. The summed E-state index contributed by atoms with van der Waals surface area (Å²) in [6.07, 6.45) is -44.8. The van der Waals surface area contributed by atoms with E-state index in [-0.39, 0.29) is 0 Å². The highest BCUT2D eigenvalue weighted by Crippen LogP contribution is 2.36. The van der Waals surface area contributed by atoms with Crippen LogP contribution < -0.4 is 5.32 Å². The van der Waals surface area contributed by atoms with Gasteiger partial charge in [0.05, 0.1) is 33.0 Å². The van der Waals surface area contributed by atoms with E-state index >= 15 is 0 Å². The van der Waals surface area contributed by atoms with E-state index in [4.69, 9.17) is 42.6 Å². The van der Waals surface area contributed by atoms with Gasteiger partial charge in [0.1, 0.15) is 122 Å². The molecule has 5 rings (SSSR count). The summed E-state index contributed by atoms with van der Waals surface area (Å²) >= 11 is 0. The third-order valence-electron chi connectivity index (χ3n) is 10.7. The third kappa shape index (κ3) is 10.2. The van der Waals surface area contributed by atoms with E-state index in [9.17, 15) is 86.5 Å². The van der Waals surface area contributed by atoms with Crippen LogP contribution in [0.5, 0.6) is 0 Å². The Labute approximate surface area is 333 Å². The molecule has 17 N–H and O–H groups in total. The Kier molecular flexibility index (Phi) is 17.1. The lowest BCUT2D eigenvalue weighted by atomic mass is 9.94. The van der Waals surface area contributed by atoms with Gasteiger partial charge in [-0.05, 0) is 0 Å². The fourth-order valence-electron chi connectivity index (χ4n) is 7.42. The first-order chi connectivity index (χ1) is 27.9. The van der Waals surface area contributed by atoms with Crippen LogP contribution in [0.3, 0.4) is 0 Å². The number of nitrogens with one attached hydrogen (secondary N) is 1. The minimum atomic E-state index is -2.18. The molecule has 0 aromatic rings. The number of hydrogen-bond acceptors (Lipinski definition) is 26. The van der Waals surface area contributed by atoms with Crippen molar-refractivity contribution in [3.63, 3.8) is 0 Å². The summed E-state index contributed by atoms with van der Waals surface area (Å²) in [6, 6.07) is -1.68. The van der Waals surface area contributed by atoms with Crippen molar-refractivity contribution in [2.75, 3.05) is 33.0 Å². The zero-order chi connectivity index (χ0) is 43.6. The van der Waals surface area contributed by atoms with E-state index in [2.05, 4.69) is 5.32 Å². The zero-order valence-corrected chi connectivity index (χ0v) is 31.2. The van der Waals surface area contributed by atoms with Crippen molar-refractivity contribution in [2.24, 2.45) is 0 Å². The van der Waals surface area contributed by atoms with Crippen LogP contribution in [0, 0.1) is 0 Å². The van der Waals surface area contributed by atoms with Gasteiger partial charge in [-0.25, -0.2) is 0 Å². The Hall–Kier alpha value is -1.53. The number of ether oxygens (including phenoxy) is 9. The van der Waals surface area contributed by atoms with E-state index in [0.717, 1.165) is 6.92 Å². The molecule has 0 aromatic heterocycles. The van der Waals surface area contributed by atoms with Crippen molar-refractivity contribution in [3.05, 3.63) is 0 Å². The molecule has 25 atom stereocenters. The Morgan fingerprint density at radius 1 is 0.407 bits per heavy atom. The zero-order valence-electron chi connectivity index (χ0n) is 31.2. The normalized spacial score (nSPS) is 51.0. The monoisotopic (exact) mass is 869 g/mol. The predicted octanol–water partition coefficient (Wildman–Crippen LogP) is -11.8. The Bertz CT molecular complexity index is 1320. The molecule has 27 nitrogen and oxygen atoms in total. The van der Waals surface area contributed by atoms with Crippen molar-refractivity contribution >= 4 is 5.91 Å². The van der Waals surface area contributed by atoms with Gasteiger partial charge in [-0.2, -0.15) is 0 Å². The van der Waals surface area contributed by atoms with Gasteiger partial charge in [0.2, 0.25) is 5.91 Å². The van der Waals surface area contributed by atoms with Crippen LogP contribution in [0.1, 0.15) is 6.92 Å². The van der Waals surface area contributed by atoms with Gasteiger partial charge in [0.15, 0.2) is 31.5 Å². The van der Waals surface area contributed by atoms with Gasteiger partial charge in [0, 0.05) is 6.92 Å². The molecule has 0 saturated carbocycles. The topological polar surface area (TPSA) is 436 Å². The molecule has 5 heterocycles. The summed E-state index contributed by atoms with van der Waals surface area (Å²) in [6.45, 7) is -3.60. The molecule has 0 radical (unpaired) electrons. The maximum atomic E-state index is 12.4. The summed E-state index contributed by atoms with van der Waals surface area (Å²) in [7, 11) is 0. The first-order valence-corrected chi connectivity index (χ1v) is 18.6. The van der Waals surface area contributed by atoms with Crippen molar-refractivity contribution in [2.45, 2.75) is 160 Å². The second-order valence-electron chi connectivity index (χ2n) is 14.7. The quantitative estimate of drug-likeness (QED) is 0.0770. The SMILES string of the molecule is CC(=O)N[C@H]1[C@H](O[C@H]2[C@@H](O)[C@@H](CO)O[C@H](O[C@H]3[C@@H](O)[C@@H](CO)O[C@@H](O[C@H]4[C@H](O)[C@@H](O)C(O)O[C@@H]4CO)[C@@H]3O)[C@@H]2O)O[C@H](CO)[C@@H](O)[C@@H]1O[C@@H]1O[C@H](CO)[C@H](O)[C@H](O)[C@H]1O. The van der Waals surface area contributed by atoms with Crippen molar-refractivity contribution in [3.8, 4) is 0 Å². The molecule has 1 unspecified atom stereocenters. The lowest BCUT2D eigenvalue weighted by Crippen LogP contribution is -2.70. The van der Waals surface area contributed by atoms with Crippen LogP contribution in [0.4, 0.5) is 0 Å². The summed E-state index contributed by atoms with van der Waals surface area (Å²) in [5.74, 6) is -0.812. The first kappa shape index (κ1) is 48.5. The molecular weight excluding hydrogens is 814 g/mol. The lowest BCUT2D eigenvalue weighted by Gasteiger charge is -2.50. The fraction of sp³-hybridized carbons (Fsp3) is 0.969. The molecule has 5 saturated heterocycles. The summed E-state index contributed by atoms with van der Waals surface area (Å²) in [5, 5.41) is 170. The van der Waals surface area contributed by atoms with E-state index in [0.29, 0.717) is 0 Å². The maximum Gasteiger partial charge on any atom is 0.217 e. The Balaban J connectivity index is 1.39. The van der Waals surface area contributed by atoms with Crippen LogP contribution in [0.25, 0.3) is 0 Å². The number of rotatable bonds is 14. The van der Waals surface area contributed by atoms with Gasteiger partial charge in [0.25, 0.3) is 0 Å². The van der Waals surface area contributed by atoms with E-state index in [1.807, 2.05) is 0 Å². The Morgan fingerprint density at radius 3 is 1.24 bits per heavy atom. The summed E-state index contributed by atoms with van der Waals surface area (Å²) < 4.78 is 50.1. The molecule has 5 fully saturated rings. The molecule has 59 heavy (non-hydrogen) atoms. The number of carbonyl (C=O) groups is 1. The largest absolute Gasteiger partial charge is 0.394 e. The lowest BCUT2D eigenvalue weighted by molar-refractivity contribution is -0.389. The molecule has 0 aliphatic carbocycles. The van der Waals surface area contributed by atoms with Crippen molar-refractivity contribution in [1.82, 2.24) is 5.32 Å². The van der Waals surface area contributed by atoms with Crippen LogP contribution in [-0.4, -0.2) is 274 Å². The summed E-state index contributed by atoms with van der Waals surface area (Å²) in [5.41, 5.74) is 0. The molecule has 0 aromatic carbocycles. The highest BCUT2D eigenvalue weighted by atomic mass is 16.8. The molecule has 1 amide bonds. The van der Waals surface area contributed by atoms with Crippen LogP contribution in [0.15, 0.2) is 0 Å². The van der Waals surface area contributed by atoms with Crippen LogP contribution in [0.2, 0.25) is 0 Å². The fourth-order valence-corrected chi connectivity index (χ4v) is 7.42. The second-order valence-corrected chi connectivity index (χ2v) is 14.7. The Morgan fingerprint density at radius 2 is 0.780 bits per heavy atom. The molecule has 27 heteroatoms. The highest BCUT2D eigenvalue weighted by molar-refractivity contribution is 5.73. The van der Waals surface area contributed by atoms with Gasteiger partial charge < -0.3 is 130 Å². The third-order valence-corrected chi connectivity index (χ3v) is 10.7. The molecule has 5 aliphatic rings. The molecule has 5 aliphatic heterocycles. The molecule has 0 bridgehead atoms. The number of hydrogen-bond donors (Lipinski definition) is 17.